The second-order valence-electron chi connectivity index (χ2n) is 10.0. The second-order valence-corrected chi connectivity index (χ2v) is 11.8. The van der Waals surface area contributed by atoms with Crippen LogP contribution >= 0.6 is 23.2 Å². The van der Waals surface area contributed by atoms with Crippen LogP contribution in [0.4, 0.5) is 11.4 Å². The lowest BCUT2D eigenvalue weighted by molar-refractivity contribution is -1.92. The van der Waals surface area contributed by atoms with E-state index in [4.69, 9.17) is 27.5 Å². The molecule has 9 heteroatoms. The molecule has 0 aromatic heterocycles. The molecule has 1 atom stereocenters. The normalized spacial score (nSPS) is 13.7. The average molecular weight is 626 g/mol. The van der Waals surface area contributed by atoms with Crippen molar-refractivity contribution in [2.45, 2.75) is 5.60 Å². The van der Waals surface area contributed by atoms with Crippen LogP contribution in [0.1, 0.15) is 22.3 Å². The largest absolute Gasteiger partial charge is 0.378 e. The predicted molar refractivity (Wildman–Crippen MR) is 163 cm³/mol. The van der Waals surface area contributed by atoms with E-state index in [2.05, 4.69) is 0 Å². The molecule has 42 heavy (non-hydrogen) atoms. The van der Waals surface area contributed by atoms with Crippen molar-refractivity contribution in [2.75, 3.05) is 38.0 Å². The van der Waals surface area contributed by atoms with Crippen molar-refractivity contribution < 1.29 is 28.5 Å². The first-order chi connectivity index (χ1) is 19.9. The van der Waals surface area contributed by atoms with Gasteiger partial charge in [-0.1, -0.05) is 83.9 Å². The molecule has 0 saturated heterocycles. The molecule has 0 fully saturated rings. The third-order valence-corrected chi connectivity index (χ3v) is 7.68. The summed E-state index contributed by atoms with van der Waals surface area (Å²) in [6.07, 6.45) is 5.11. The van der Waals surface area contributed by atoms with Crippen LogP contribution in [-0.2, 0) is 9.89 Å². The summed E-state index contributed by atoms with van der Waals surface area (Å²) in [7, 11) is 2.88. The fraction of sp³-hybridized carbons (Fsp3) is 0.152. The Balaban J connectivity index is 1.91. The van der Waals surface area contributed by atoms with Gasteiger partial charge >= 0.3 is 0 Å². The van der Waals surface area contributed by atoms with Crippen molar-refractivity contribution in [1.29, 1.82) is 0 Å². The molecule has 0 N–H and O–H groups in total. The zero-order valence-electron chi connectivity index (χ0n) is 23.6. The zero-order valence-corrected chi connectivity index (χ0v) is 25.9. The van der Waals surface area contributed by atoms with Crippen molar-refractivity contribution in [3.05, 3.63) is 148 Å². The second kappa shape index (κ2) is 13.3. The fourth-order valence-electron chi connectivity index (χ4n) is 4.54. The van der Waals surface area contributed by atoms with Gasteiger partial charge in [-0.25, -0.2) is 0 Å². The van der Waals surface area contributed by atoms with E-state index in [1.54, 1.807) is 60.7 Å². The highest BCUT2D eigenvalue weighted by atomic mass is 35.7. The van der Waals surface area contributed by atoms with Gasteiger partial charge in [0.05, 0.1) is 14.5 Å². The lowest BCUT2D eigenvalue weighted by Crippen LogP contribution is -2.63. The van der Waals surface area contributed by atoms with Crippen molar-refractivity contribution >= 4 is 40.1 Å². The van der Waals surface area contributed by atoms with Gasteiger partial charge in [0, 0.05) is 60.7 Å². The van der Waals surface area contributed by atoms with Crippen LogP contribution < -0.4 is 23.8 Å². The fourth-order valence-corrected chi connectivity index (χ4v) is 5.31. The Kier molecular flexibility index (Phi) is 10.0. The number of hydrogen-bond acceptors (Lipinski definition) is 6. The summed E-state index contributed by atoms with van der Waals surface area (Å²) in [6, 6.07) is 29.1. The summed E-state index contributed by atoms with van der Waals surface area (Å²) in [5, 5.41) is 1.06. The van der Waals surface area contributed by atoms with Crippen molar-refractivity contribution in [2.24, 2.45) is 0 Å². The molecular weight excluding hydrogens is 595 g/mol. The minimum atomic E-state index is -4.85. The molecule has 0 heterocycles. The highest BCUT2D eigenvalue weighted by Gasteiger charge is 2.47. The molecule has 0 aliphatic heterocycles. The Labute approximate surface area is 259 Å². The van der Waals surface area contributed by atoms with Crippen LogP contribution in [-0.4, -0.2) is 28.2 Å². The molecule has 0 aliphatic carbocycles. The molecule has 4 aromatic carbocycles. The summed E-state index contributed by atoms with van der Waals surface area (Å²) in [5.74, 6) is 0. The summed E-state index contributed by atoms with van der Waals surface area (Å²) in [5.41, 5.74) is 3.67. The summed E-state index contributed by atoms with van der Waals surface area (Å²) in [4.78, 5) is 3.92. The molecule has 218 valence electrons. The quantitative estimate of drug-likeness (QED) is 0.232. The highest BCUT2D eigenvalue weighted by Crippen LogP contribution is 2.39. The topological polar surface area (TPSA) is 84.9 Å². The average Bonchev–Trinajstić information content (AvgIpc) is 2.95. The lowest BCUT2D eigenvalue weighted by Gasteiger charge is -2.28. The first kappa shape index (κ1) is 31.6. The minimum Gasteiger partial charge on any atom is -0.378 e. The number of nitrogens with zero attached hydrogens (tertiary/aromatic N) is 2. The van der Waals surface area contributed by atoms with Crippen LogP contribution in [0, 0.1) is 10.2 Å². The Hall–Kier alpha value is -3.33. The summed E-state index contributed by atoms with van der Waals surface area (Å²) < 4.78 is 41.9. The van der Waals surface area contributed by atoms with E-state index in [-0.39, 0.29) is 0 Å². The van der Waals surface area contributed by atoms with E-state index in [0.29, 0.717) is 21.2 Å². The van der Waals surface area contributed by atoms with Gasteiger partial charge in [0.25, 0.3) is 5.60 Å². The van der Waals surface area contributed by atoms with Gasteiger partial charge in [0.15, 0.2) is 0 Å². The molecule has 6 nitrogen and oxygen atoms in total. The molecule has 4 rings (SSSR count). The number of hydrogen-bond donors (Lipinski definition) is 0. The third kappa shape index (κ3) is 7.73. The maximum atomic E-state index is 12.2. The summed E-state index contributed by atoms with van der Waals surface area (Å²) >= 11 is 12.3. The van der Waals surface area contributed by atoms with E-state index >= 15 is 0 Å². The summed E-state index contributed by atoms with van der Waals surface area (Å²) in [6.45, 7) is 0. The van der Waals surface area contributed by atoms with Crippen LogP contribution in [0.2, 0.25) is 10.0 Å². The molecule has 1 unspecified atom stereocenters. The van der Waals surface area contributed by atoms with Crippen molar-refractivity contribution in [3.63, 3.8) is 0 Å². The predicted octanol–water partition coefficient (Wildman–Crippen LogP) is 4.97. The minimum absolute atomic E-state index is 0.407. The number of allylic oxidation sites excluding steroid dienone is 2. The number of anilines is 2. The maximum absolute atomic E-state index is 12.2. The van der Waals surface area contributed by atoms with Crippen LogP contribution in [0.25, 0.3) is 5.57 Å². The molecule has 4 aromatic rings. The van der Waals surface area contributed by atoms with Gasteiger partial charge in [-0.2, -0.15) is 14.0 Å². The third-order valence-electron chi connectivity index (χ3n) is 6.75. The van der Waals surface area contributed by atoms with Gasteiger partial charge in [0.2, 0.25) is 0 Å². The van der Waals surface area contributed by atoms with E-state index in [9.17, 15) is 14.0 Å². The Bertz CT molecular complexity index is 1530. The first-order valence-corrected chi connectivity index (χ1v) is 15.0. The monoisotopic (exact) mass is 624 g/mol. The molecular formula is C33H31Cl3N2O4. The van der Waals surface area contributed by atoms with E-state index in [1.165, 1.54) is 0 Å². The van der Waals surface area contributed by atoms with E-state index in [0.717, 1.165) is 28.1 Å². The zero-order chi connectivity index (χ0) is 30.5. The number of benzene rings is 4. The van der Waals surface area contributed by atoms with Gasteiger partial charge < -0.3 is 9.80 Å². The van der Waals surface area contributed by atoms with Crippen LogP contribution in [0.5, 0.6) is 0 Å². The molecule has 0 amide bonds. The molecule has 0 spiro atoms. The molecule has 0 bridgehead atoms. The highest BCUT2D eigenvalue weighted by molar-refractivity contribution is 6.30. The van der Waals surface area contributed by atoms with Gasteiger partial charge in [-0.15, -0.1) is 0 Å². The Morgan fingerprint density at radius 2 is 1.02 bits per heavy atom. The van der Waals surface area contributed by atoms with Crippen LogP contribution in [0.3, 0.4) is 0 Å². The first-order valence-electron chi connectivity index (χ1n) is 13.0. The van der Waals surface area contributed by atoms with Crippen molar-refractivity contribution in [3.8, 4) is 0 Å². The molecule has 0 aliphatic rings. The van der Waals surface area contributed by atoms with Crippen LogP contribution in [0.15, 0.2) is 115 Å². The lowest BCUT2D eigenvalue weighted by atomic mass is 9.85. The van der Waals surface area contributed by atoms with Gasteiger partial charge in [-0.05, 0) is 71.3 Å². The Morgan fingerprint density at radius 3 is 1.45 bits per heavy atom. The number of halogens is 3. The van der Waals surface area contributed by atoms with Gasteiger partial charge in [-0.3, -0.25) is 0 Å². The SMILES string of the molecule is CN(C)c1ccc(C(=CC=CC(O[Cl+3]([O-])([O-])[O-])(c2ccc(Cl)cc2)c2ccc(N(C)C)cc2)c2ccc(Cl)cc2)cc1. The molecule has 0 radical (unpaired) electrons. The van der Waals surface area contributed by atoms with Gasteiger partial charge in [0.1, 0.15) is 0 Å². The van der Waals surface area contributed by atoms with E-state index < -0.39 is 15.8 Å². The smallest absolute Gasteiger partial charge is 0.292 e. The van der Waals surface area contributed by atoms with Crippen molar-refractivity contribution in [1.82, 2.24) is 0 Å². The van der Waals surface area contributed by atoms with E-state index in [1.807, 2.05) is 92.6 Å². The standard InChI is InChI=1S/C33H31Cl3N2O4/c1-37(2)30-19-9-25(10-20-30)32(24-7-15-28(34)16-8-24)6-5-23-33(42-36(39,40)41,26-11-17-29(35)18-12-26)27-13-21-31(22-14-27)38(3)4/h5-23H,1-4H3. The maximum Gasteiger partial charge on any atom is 0.292 e. The Morgan fingerprint density at radius 1 is 0.643 bits per heavy atom. The molecule has 0 saturated carbocycles. The number of rotatable bonds is 10.